The molecule has 0 amide bonds. The molecule has 46 valence electrons. The minimum Gasteiger partial charge on any atom is -0.295 e. The van der Waals surface area contributed by atoms with E-state index in [1.54, 1.807) is 6.92 Å². The van der Waals surface area contributed by atoms with Crippen LogP contribution in [0.25, 0.3) is 0 Å². The number of allylic oxidation sites excluding steroid dienone is 2. The first-order valence-corrected chi connectivity index (χ1v) is 2.53. The molecular weight excluding hydrogens is 107 g/mol. The lowest BCUT2D eigenvalue weighted by molar-refractivity contribution is -0.114. The highest BCUT2D eigenvalue weighted by molar-refractivity contribution is 5.89. The fourth-order valence-electron chi connectivity index (χ4n) is 0.324. The van der Waals surface area contributed by atoms with Crippen LogP contribution in [0.15, 0.2) is 11.9 Å². The van der Waals surface area contributed by atoms with Gasteiger partial charge in [0.2, 0.25) is 0 Å². The average Bonchev–Trinajstić information content (AvgIpc) is 1.65. The molecule has 0 bridgehead atoms. The second-order valence-electron chi connectivity index (χ2n) is 1.55. The fourth-order valence-corrected chi connectivity index (χ4v) is 0.324. The summed E-state index contributed by atoms with van der Waals surface area (Å²) >= 11 is 0. The van der Waals surface area contributed by atoms with Crippen molar-refractivity contribution in [2.75, 3.05) is 0 Å². The van der Waals surface area contributed by atoms with Crippen LogP contribution < -0.4 is 0 Å². The van der Waals surface area contributed by atoms with E-state index >= 15 is 0 Å². The highest BCUT2D eigenvalue weighted by Crippen LogP contribution is 1.93. The third-order valence-corrected chi connectivity index (χ3v) is 0.708. The van der Waals surface area contributed by atoms with Crippen molar-refractivity contribution in [3.8, 4) is 0 Å². The molecule has 0 atom stereocenters. The van der Waals surface area contributed by atoms with Crippen LogP contribution in [0.4, 0.5) is 4.39 Å². The Labute approximate surface area is 48.2 Å². The standard InChI is InChI=1S/C6H9FO/c1-3-6(8)4-5(2)7/h4H,3H2,1-2H3/b5-4+. The van der Waals surface area contributed by atoms with E-state index in [2.05, 4.69) is 0 Å². The van der Waals surface area contributed by atoms with Gasteiger partial charge in [-0.05, 0) is 6.92 Å². The van der Waals surface area contributed by atoms with Gasteiger partial charge in [0.25, 0.3) is 0 Å². The zero-order valence-corrected chi connectivity index (χ0v) is 5.07. The van der Waals surface area contributed by atoms with Gasteiger partial charge in [0, 0.05) is 12.5 Å². The number of hydrogen-bond donors (Lipinski definition) is 0. The molecule has 1 nitrogen and oxygen atoms in total. The van der Waals surface area contributed by atoms with Gasteiger partial charge in [-0.15, -0.1) is 0 Å². The Morgan fingerprint density at radius 3 is 2.38 bits per heavy atom. The molecule has 0 saturated heterocycles. The van der Waals surface area contributed by atoms with Crippen LogP contribution in [0, 0.1) is 0 Å². The third kappa shape index (κ3) is 3.53. The number of ketones is 1. The maximum Gasteiger partial charge on any atom is 0.157 e. The summed E-state index contributed by atoms with van der Waals surface area (Å²) < 4.78 is 11.8. The van der Waals surface area contributed by atoms with Gasteiger partial charge in [-0.25, -0.2) is 4.39 Å². The normalized spacial score (nSPS) is 11.6. The molecule has 0 heterocycles. The zero-order chi connectivity index (χ0) is 6.57. The monoisotopic (exact) mass is 116 g/mol. The maximum atomic E-state index is 11.8. The summed E-state index contributed by atoms with van der Waals surface area (Å²) in [4.78, 5) is 10.3. The van der Waals surface area contributed by atoms with E-state index < -0.39 is 5.83 Å². The van der Waals surface area contributed by atoms with Gasteiger partial charge in [-0.1, -0.05) is 6.92 Å². The van der Waals surface area contributed by atoms with E-state index in [-0.39, 0.29) is 5.78 Å². The third-order valence-electron chi connectivity index (χ3n) is 0.708. The van der Waals surface area contributed by atoms with Crippen molar-refractivity contribution < 1.29 is 9.18 Å². The summed E-state index contributed by atoms with van der Waals surface area (Å²) in [6.07, 6.45) is 1.38. The lowest BCUT2D eigenvalue weighted by Gasteiger charge is -1.82. The quantitative estimate of drug-likeness (QED) is 0.503. The first kappa shape index (κ1) is 7.34. The highest BCUT2D eigenvalue weighted by atomic mass is 19.1. The Balaban J connectivity index is 3.70. The van der Waals surface area contributed by atoms with Crippen LogP contribution in [0.5, 0.6) is 0 Å². The van der Waals surface area contributed by atoms with Gasteiger partial charge >= 0.3 is 0 Å². The molecule has 0 aromatic carbocycles. The molecule has 0 rings (SSSR count). The van der Waals surface area contributed by atoms with Gasteiger partial charge in [-0.2, -0.15) is 0 Å². The molecule has 0 N–H and O–H groups in total. The van der Waals surface area contributed by atoms with E-state index in [1.165, 1.54) is 6.92 Å². The van der Waals surface area contributed by atoms with Crippen molar-refractivity contribution in [1.82, 2.24) is 0 Å². The smallest absolute Gasteiger partial charge is 0.157 e. The minimum atomic E-state index is -0.420. The lowest BCUT2D eigenvalue weighted by Crippen LogP contribution is -1.87. The van der Waals surface area contributed by atoms with Gasteiger partial charge in [-0.3, -0.25) is 4.79 Å². The summed E-state index contributed by atoms with van der Waals surface area (Å²) in [7, 11) is 0. The predicted octanol–water partition coefficient (Wildman–Crippen LogP) is 1.84. The van der Waals surface area contributed by atoms with Crippen molar-refractivity contribution >= 4 is 5.78 Å². The molecule has 0 unspecified atom stereocenters. The molecule has 8 heavy (non-hydrogen) atoms. The molecule has 0 aliphatic heterocycles. The van der Waals surface area contributed by atoms with Crippen LogP contribution >= 0.6 is 0 Å². The van der Waals surface area contributed by atoms with Crippen LogP contribution in [-0.4, -0.2) is 5.78 Å². The predicted molar refractivity (Wildman–Crippen MR) is 30.2 cm³/mol. The van der Waals surface area contributed by atoms with Crippen molar-refractivity contribution in [3.63, 3.8) is 0 Å². The molecule has 2 heteroatoms. The van der Waals surface area contributed by atoms with Gasteiger partial charge < -0.3 is 0 Å². The number of hydrogen-bond acceptors (Lipinski definition) is 1. The SMILES string of the molecule is CCC(=O)/C=C(\C)F. The summed E-state index contributed by atoms with van der Waals surface area (Å²) in [6, 6.07) is 0. The summed E-state index contributed by atoms with van der Waals surface area (Å²) in [5, 5.41) is 0. The fraction of sp³-hybridized carbons (Fsp3) is 0.500. The van der Waals surface area contributed by atoms with E-state index in [0.29, 0.717) is 6.42 Å². The van der Waals surface area contributed by atoms with Gasteiger partial charge in [0.05, 0.1) is 0 Å². The van der Waals surface area contributed by atoms with E-state index in [1.807, 2.05) is 0 Å². The van der Waals surface area contributed by atoms with Crippen molar-refractivity contribution in [2.45, 2.75) is 20.3 Å². The Kier molecular flexibility index (Phi) is 3.08. The largest absolute Gasteiger partial charge is 0.295 e. The Bertz CT molecular complexity index is 112. The Morgan fingerprint density at radius 2 is 2.25 bits per heavy atom. The number of carbonyl (C=O) groups excluding carboxylic acids is 1. The first-order chi connectivity index (χ1) is 3.66. The second-order valence-corrected chi connectivity index (χ2v) is 1.55. The average molecular weight is 116 g/mol. The van der Waals surface area contributed by atoms with E-state index in [0.717, 1.165) is 6.08 Å². The molecule has 0 saturated carbocycles. The Hall–Kier alpha value is -0.660. The molecule has 0 spiro atoms. The molecule has 0 aliphatic carbocycles. The van der Waals surface area contributed by atoms with Crippen LogP contribution in [0.3, 0.4) is 0 Å². The first-order valence-electron chi connectivity index (χ1n) is 2.53. The topological polar surface area (TPSA) is 17.1 Å². The van der Waals surface area contributed by atoms with E-state index in [4.69, 9.17) is 0 Å². The summed E-state index contributed by atoms with van der Waals surface area (Å²) in [6.45, 7) is 2.95. The molecular formula is C6H9FO. The van der Waals surface area contributed by atoms with Crippen LogP contribution in [-0.2, 0) is 4.79 Å². The number of carbonyl (C=O) groups is 1. The minimum absolute atomic E-state index is 0.162. The molecule has 0 aromatic rings. The molecule has 0 aliphatic rings. The second kappa shape index (κ2) is 3.36. The maximum absolute atomic E-state index is 11.8. The molecule has 0 fully saturated rings. The zero-order valence-electron chi connectivity index (χ0n) is 5.07. The van der Waals surface area contributed by atoms with Crippen molar-refractivity contribution in [2.24, 2.45) is 0 Å². The number of rotatable bonds is 2. The van der Waals surface area contributed by atoms with Crippen LogP contribution in [0.2, 0.25) is 0 Å². The summed E-state index contributed by atoms with van der Waals surface area (Å²) in [5.41, 5.74) is 0. The van der Waals surface area contributed by atoms with E-state index in [9.17, 15) is 9.18 Å². The highest BCUT2D eigenvalue weighted by Gasteiger charge is 1.90. The van der Waals surface area contributed by atoms with Gasteiger partial charge in [0.15, 0.2) is 5.78 Å². The lowest BCUT2D eigenvalue weighted by atomic mass is 10.3. The van der Waals surface area contributed by atoms with Gasteiger partial charge in [0.1, 0.15) is 5.83 Å². The van der Waals surface area contributed by atoms with Crippen LogP contribution in [0.1, 0.15) is 20.3 Å². The Morgan fingerprint density at radius 1 is 1.75 bits per heavy atom. The molecule has 0 radical (unpaired) electrons. The summed E-state index contributed by atoms with van der Waals surface area (Å²) in [5.74, 6) is -0.582. The number of halogens is 1. The molecule has 0 aromatic heterocycles. The van der Waals surface area contributed by atoms with Crippen molar-refractivity contribution in [1.29, 1.82) is 0 Å². The van der Waals surface area contributed by atoms with Crippen molar-refractivity contribution in [3.05, 3.63) is 11.9 Å².